The molecule has 0 spiro atoms. The van der Waals surface area contributed by atoms with E-state index in [1.54, 1.807) is 0 Å². The molecule has 0 aromatic heterocycles. The lowest BCUT2D eigenvalue weighted by molar-refractivity contribution is -0.139. The minimum atomic E-state index is -0.310. The van der Waals surface area contributed by atoms with Gasteiger partial charge in [0.25, 0.3) is 0 Å². The summed E-state index contributed by atoms with van der Waals surface area (Å²) in [6.45, 7) is 2.55. The maximum atomic E-state index is 11.4. The van der Waals surface area contributed by atoms with Gasteiger partial charge >= 0.3 is 5.97 Å². The quantitative estimate of drug-likeness (QED) is 0.327. The molecule has 0 aliphatic carbocycles. The molecule has 0 aliphatic heterocycles. The van der Waals surface area contributed by atoms with Crippen LogP contribution < -0.4 is 0 Å². The number of carbonyl (C=O) groups is 2. The van der Waals surface area contributed by atoms with Crippen LogP contribution in [-0.2, 0) is 14.3 Å². The highest BCUT2D eigenvalue weighted by Crippen LogP contribution is 2.08. The molecular formula is C15H19NO3. The van der Waals surface area contributed by atoms with Crippen LogP contribution in [0.4, 0.5) is 0 Å². The van der Waals surface area contributed by atoms with Crippen LogP contribution in [0.2, 0.25) is 0 Å². The van der Waals surface area contributed by atoms with Crippen molar-refractivity contribution in [1.29, 1.82) is 0 Å². The van der Waals surface area contributed by atoms with Crippen molar-refractivity contribution in [3.8, 4) is 0 Å². The molecule has 4 nitrogen and oxygen atoms in total. The molecule has 19 heavy (non-hydrogen) atoms. The summed E-state index contributed by atoms with van der Waals surface area (Å²) in [4.78, 5) is 26.1. The first-order chi connectivity index (χ1) is 9.17. The van der Waals surface area contributed by atoms with Gasteiger partial charge in [0.15, 0.2) is 0 Å². The van der Waals surface area contributed by atoms with Gasteiger partial charge in [0, 0.05) is 13.0 Å². The Morgan fingerprint density at radius 1 is 1.32 bits per heavy atom. The third-order valence-corrected chi connectivity index (χ3v) is 2.71. The van der Waals surface area contributed by atoms with Crippen LogP contribution in [0.5, 0.6) is 0 Å². The van der Waals surface area contributed by atoms with Crippen LogP contribution in [0.3, 0.4) is 0 Å². The van der Waals surface area contributed by atoms with Crippen molar-refractivity contribution in [3.63, 3.8) is 0 Å². The number of aliphatic imine (C=N–C) groups is 1. The molecule has 0 N–H and O–H groups in total. The zero-order valence-corrected chi connectivity index (χ0v) is 11.4. The SMILES string of the molecule is COC(=O)CC(=NCCCC=O)c1ccc(C)cc1. The molecule has 0 fully saturated rings. The summed E-state index contributed by atoms with van der Waals surface area (Å²) >= 11 is 0. The Morgan fingerprint density at radius 2 is 2.00 bits per heavy atom. The predicted octanol–water partition coefficient (Wildman–Crippen LogP) is 2.33. The summed E-state index contributed by atoms with van der Waals surface area (Å²) in [5.74, 6) is -0.310. The van der Waals surface area contributed by atoms with E-state index in [2.05, 4.69) is 9.73 Å². The van der Waals surface area contributed by atoms with Gasteiger partial charge in [0.05, 0.1) is 19.2 Å². The molecule has 0 saturated carbocycles. The molecule has 0 heterocycles. The van der Waals surface area contributed by atoms with Crippen molar-refractivity contribution in [1.82, 2.24) is 0 Å². The van der Waals surface area contributed by atoms with Gasteiger partial charge in [0.1, 0.15) is 6.29 Å². The van der Waals surface area contributed by atoms with E-state index in [4.69, 9.17) is 0 Å². The Hall–Kier alpha value is -1.97. The molecule has 0 bridgehead atoms. The molecular weight excluding hydrogens is 242 g/mol. The Bertz CT molecular complexity index is 449. The summed E-state index contributed by atoms with van der Waals surface area (Å²) in [5.41, 5.74) is 2.78. The van der Waals surface area contributed by atoms with E-state index in [1.807, 2.05) is 31.2 Å². The number of benzene rings is 1. The van der Waals surface area contributed by atoms with Crippen molar-refractivity contribution >= 4 is 18.0 Å². The highest BCUT2D eigenvalue weighted by Gasteiger charge is 2.09. The zero-order valence-electron chi connectivity index (χ0n) is 11.4. The van der Waals surface area contributed by atoms with Crippen LogP contribution in [0.25, 0.3) is 0 Å². The van der Waals surface area contributed by atoms with Crippen LogP contribution in [0.1, 0.15) is 30.4 Å². The molecule has 0 aliphatic rings. The summed E-state index contributed by atoms with van der Waals surface area (Å²) in [7, 11) is 1.36. The fourth-order valence-corrected chi connectivity index (χ4v) is 1.59. The van der Waals surface area contributed by atoms with Crippen LogP contribution in [-0.4, -0.2) is 31.6 Å². The third-order valence-electron chi connectivity index (χ3n) is 2.71. The number of rotatable bonds is 7. The second-order valence-corrected chi connectivity index (χ2v) is 4.26. The molecule has 1 aromatic carbocycles. The summed E-state index contributed by atoms with van der Waals surface area (Å²) in [6.07, 6.45) is 2.21. The fraction of sp³-hybridized carbons (Fsp3) is 0.400. The van der Waals surface area contributed by atoms with E-state index in [-0.39, 0.29) is 12.4 Å². The second-order valence-electron chi connectivity index (χ2n) is 4.26. The van der Waals surface area contributed by atoms with Gasteiger partial charge in [-0.1, -0.05) is 29.8 Å². The second kappa shape index (κ2) is 8.19. The lowest BCUT2D eigenvalue weighted by Gasteiger charge is -2.06. The first-order valence-corrected chi connectivity index (χ1v) is 6.28. The van der Waals surface area contributed by atoms with Gasteiger partial charge in [-0.25, -0.2) is 0 Å². The Labute approximate surface area is 113 Å². The van der Waals surface area contributed by atoms with Crippen molar-refractivity contribution < 1.29 is 14.3 Å². The third kappa shape index (κ3) is 5.46. The fourth-order valence-electron chi connectivity index (χ4n) is 1.59. The van der Waals surface area contributed by atoms with Crippen LogP contribution in [0.15, 0.2) is 29.3 Å². The monoisotopic (exact) mass is 261 g/mol. The lowest BCUT2D eigenvalue weighted by atomic mass is 10.1. The average Bonchev–Trinajstić information content (AvgIpc) is 2.43. The van der Waals surface area contributed by atoms with Crippen molar-refractivity contribution in [2.45, 2.75) is 26.2 Å². The zero-order chi connectivity index (χ0) is 14.1. The number of unbranched alkanes of at least 4 members (excludes halogenated alkanes) is 1. The Kier molecular flexibility index (Phi) is 6.50. The molecule has 102 valence electrons. The molecule has 0 atom stereocenters. The summed E-state index contributed by atoms with van der Waals surface area (Å²) < 4.78 is 4.68. The Morgan fingerprint density at radius 3 is 2.58 bits per heavy atom. The first kappa shape index (κ1) is 15.1. The highest BCUT2D eigenvalue weighted by molar-refractivity contribution is 6.09. The number of aldehydes is 1. The number of nitrogens with zero attached hydrogens (tertiary/aromatic N) is 1. The van der Waals surface area contributed by atoms with Gasteiger partial charge < -0.3 is 9.53 Å². The first-order valence-electron chi connectivity index (χ1n) is 6.28. The lowest BCUT2D eigenvalue weighted by Crippen LogP contribution is -2.11. The number of ether oxygens (including phenoxy) is 1. The Balaban J connectivity index is 2.81. The van der Waals surface area contributed by atoms with E-state index in [0.717, 1.165) is 17.4 Å². The van der Waals surface area contributed by atoms with E-state index in [9.17, 15) is 9.59 Å². The minimum absolute atomic E-state index is 0.153. The number of hydrogen-bond acceptors (Lipinski definition) is 4. The number of hydrogen-bond donors (Lipinski definition) is 0. The topological polar surface area (TPSA) is 55.7 Å². The molecule has 0 amide bonds. The normalized spacial score (nSPS) is 11.2. The number of aryl methyl sites for hydroxylation is 1. The van der Waals surface area contributed by atoms with Crippen LogP contribution >= 0.6 is 0 Å². The van der Waals surface area contributed by atoms with Crippen LogP contribution in [0, 0.1) is 6.92 Å². The molecule has 0 unspecified atom stereocenters. The maximum Gasteiger partial charge on any atom is 0.311 e. The van der Waals surface area contributed by atoms with Gasteiger partial charge in [-0.05, 0) is 18.9 Å². The van der Waals surface area contributed by atoms with Gasteiger partial charge in [-0.15, -0.1) is 0 Å². The minimum Gasteiger partial charge on any atom is -0.469 e. The van der Waals surface area contributed by atoms with Gasteiger partial charge in [0.2, 0.25) is 0 Å². The van der Waals surface area contributed by atoms with Crippen molar-refractivity contribution in [3.05, 3.63) is 35.4 Å². The van der Waals surface area contributed by atoms with Gasteiger partial charge in [-0.2, -0.15) is 0 Å². The molecule has 4 heteroatoms. The molecule has 1 rings (SSSR count). The predicted molar refractivity (Wildman–Crippen MR) is 74.5 cm³/mol. The van der Waals surface area contributed by atoms with E-state index in [0.29, 0.717) is 25.1 Å². The van der Waals surface area contributed by atoms with Crippen molar-refractivity contribution in [2.24, 2.45) is 4.99 Å². The standard InChI is InChI=1S/C15H19NO3/c1-12-5-7-13(8-6-12)14(11-15(18)19-2)16-9-3-4-10-17/h5-8,10H,3-4,9,11H2,1-2H3. The number of esters is 1. The largest absolute Gasteiger partial charge is 0.469 e. The molecule has 0 radical (unpaired) electrons. The van der Waals surface area contributed by atoms with Crippen molar-refractivity contribution in [2.75, 3.05) is 13.7 Å². The summed E-state index contributed by atoms with van der Waals surface area (Å²) in [6, 6.07) is 7.84. The van der Waals surface area contributed by atoms with E-state index in [1.165, 1.54) is 7.11 Å². The summed E-state index contributed by atoms with van der Waals surface area (Å²) in [5, 5.41) is 0. The number of carbonyl (C=O) groups excluding carboxylic acids is 2. The average molecular weight is 261 g/mol. The molecule has 0 saturated heterocycles. The molecule has 1 aromatic rings. The van der Waals surface area contributed by atoms with Gasteiger partial charge in [-0.3, -0.25) is 9.79 Å². The maximum absolute atomic E-state index is 11.4. The van der Waals surface area contributed by atoms with E-state index >= 15 is 0 Å². The highest BCUT2D eigenvalue weighted by atomic mass is 16.5. The number of methoxy groups -OCH3 is 1. The smallest absolute Gasteiger partial charge is 0.311 e. The van der Waals surface area contributed by atoms with E-state index < -0.39 is 0 Å².